The molecule has 0 aliphatic heterocycles. The molecule has 2 rings (SSSR count). The number of carbonyl (C=O) groups is 1. The zero-order valence-corrected chi connectivity index (χ0v) is 12.9. The SMILES string of the molecule is CC(C)(C)CC(=O)c1cccc(OCc2ccccc2)c1. The standard InChI is InChI=1S/C19H22O2/c1-19(2,3)13-18(20)16-10-7-11-17(12-16)21-14-15-8-5-4-6-9-15/h4-12H,13-14H2,1-3H3. The molecule has 2 aromatic rings. The Labute approximate surface area is 126 Å². The normalized spacial score (nSPS) is 11.2. The molecule has 21 heavy (non-hydrogen) atoms. The Bertz CT molecular complexity index is 594. The molecule has 0 radical (unpaired) electrons. The van der Waals surface area contributed by atoms with Crippen LogP contribution in [0.2, 0.25) is 0 Å². The van der Waals surface area contributed by atoms with Crippen LogP contribution in [0.1, 0.15) is 43.1 Å². The van der Waals surface area contributed by atoms with Gasteiger partial charge in [-0.15, -0.1) is 0 Å². The lowest BCUT2D eigenvalue weighted by atomic mass is 9.88. The van der Waals surface area contributed by atoms with Crippen LogP contribution < -0.4 is 4.74 Å². The Morgan fingerprint density at radius 1 is 1.00 bits per heavy atom. The summed E-state index contributed by atoms with van der Waals surface area (Å²) in [4.78, 5) is 12.2. The maximum atomic E-state index is 12.2. The monoisotopic (exact) mass is 282 g/mol. The summed E-state index contributed by atoms with van der Waals surface area (Å²) in [6.45, 7) is 6.72. The Balaban J connectivity index is 2.02. The highest BCUT2D eigenvalue weighted by Crippen LogP contribution is 2.23. The van der Waals surface area contributed by atoms with Crippen molar-refractivity contribution in [3.8, 4) is 5.75 Å². The van der Waals surface area contributed by atoms with Gasteiger partial charge in [0, 0.05) is 12.0 Å². The minimum atomic E-state index is -0.00200. The first-order chi connectivity index (χ1) is 9.94. The van der Waals surface area contributed by atoms with Gasteiger partial charge in [-0.05, 0) is 23.1 Å². The third-order valence-electron chi connectivity index (χ3n) is 3.10. The van der Waals surface area contributed by atoms with Crippen LogP contribution >= 0.6 is 0 Å². The summed E-state index contributed by atoms with van der Waals surface area (Å²) in [6.07, 6.45) is 0.537. The molecule has 2 nitrogen and oxygen atoms in total. The number of hydrogen-bond donors (Lipinski definition) is 0. The molecule has 0 bridgehead atoms. The number of ketones is 1. The van der Waals surface area contributed by atoms with Gasteiger partial charge < -0.3 is 4.74 Å². The van der Waals surface area contributed by atoms with Crippen LogP contribution in [0.3, 0.4) is 0 Å². The second kappa shape index (κ2) is 6.57. The van der Waals surface area contributed by atoms with Crippen LogP contribution in [0.15, 0.2) is 54.6 Å². The first-order valence-electron chi connectivity index (χ1n) is 7.24. The molecular formula is C19H22O2. The van der Waals surface area contributed by atoms with E-state index in [-0.39, 0.29) is 11.2 Å². The van der Waals surface area contributed by atoms with Gasteiger partial charge in [0.05, 0.1) is 0 Å². The fourth-order valence-corrected chi connectivity index (χ4v) is 2.08. The lowest BCUT2D eigenvalue weighted by Gasteiger charge is -2.17. The van der Waals surface area contributed by atoms with Crippen molar-refractivity contribution in [1.29, 1.82) is 0 Å². The molecule has 0 saturated carbocycles. The van der Waals surface area contributed by atoms with Crippen LogP contribution in [0, 0.1) is 5.41 Å². The average Bonchev–Trinajstić information content (AvgIpc) is 2.45. The molecule has 0 atom stereocenters. The lowest BCUT2D eigenvalue weighted by Crippen LogP contribution is -2.13. The molecule has 2 aromatic carbocycles. The molecule has 0 spiro atoms. The van der Waals surface area contributed by atoms with E-state index in [9.17, 15) is 4.79 Å². The highest BCUT2D eigenvalue weighted by atomic mass is 16.5. The van der Waals surface area contributed by atoms with E-state index in [1.807, 2.05) is 54.6 Å². The molecule has 0 N–H and O–H groups in total. The predicted octanol–water partition coefficient (Wildman–Crippen LogP) is 4.88. The first kappa shape index (κ1) is 15.3. The minimum absolute atomic E-state index is 0.00200. The maximum Gasteiger partial charge on any atom is 0.163 e. The van der Waals surface area contributed by atoms with Crippen molar-refractivity contribution in [2.45, 2.75) is 33.8 Å². The summed E-state index contributed by atoms with van der Waals surface area (Å²) in [7, 11) is 0. The van der Waals surface area contributed by atoms with Gasteiger partial charge in [0.1, 0.15) is 12.4 Å². The van der Waals surface area contributed by atoms with Crippen molar-refractivity contribution in [3.63, 3.8) is 0 Å². The summed E-state index contributed by atoms with van der Waals surface area (Å²) in [5.74, 6) is 0.895. The largest absolute Gasteiger partial charge is 0.489 e. The zero-order chi connectivity index (χ0) is 15.3. The van der Waals surface area contributed by atoms with E-state index in [4.69, 9.17) is 4.74 Å². The van der Waals surface area contributed by atoms with Gasteiger partial charge in [-0.2, -0.15) is 0 Å². The summed E-state index contributed by atoms with van der Waals surface area (Å²) in [5, 5.41) is 0. The molecule has 0 aliphatic rings. The second-order valence-corrected chi connectivity index (χ2v) is 6.46. The summed E-state index contributed by atoms with van der Waals surface area (Å²) in [5.41, 5.74) is 1.83. The molecule has 0 fully saturated rings. The average molecular weight is 282 g/mol. The van der Waals surface area contributed by atoms with Gasteiger partial charge in [0.2, 0.25) is 0 Å². The Kier molecular flexibility index (Phi) is 4.79. The van der Waals surface area contributed by atoms with Crippen molar-refractivity contribution in [1.82, 2.24) is 0 Å². The molecule has 2 heteroatoms. The quantitative estimate of drug-likeness (QED) is 0.730. The maximum absolute atomic E-state index is 12.2. The Hall–Kier alpha value is -2.09. The van der Waals surface area contributed by atoms with E-state index in [0.29, 0.717) is 13.0 Å². The summed E-state index contributed by atoms with van der Waals surface area (Å²) < 4.78 is 5.76. The number of carbonyl (C=O) groups excluding carboxylic acids is 1. The fraction of sp³-hybridized carbons (Fsp3) is 0.316. The van der Waals surface area contributed by atoms with E-state index < -0.39 is 0 Å². The number of rotatable bonds is 5. The molecule has 0 unspecified atom stereocenters. The molecule has 0 amide bonds. The van der Waals surface area contributed by atoms with Gasteiger partial charge in [-0.25, -0.2) is 0 Å². The number of hydrogen-bond acceptors (Lipinski definition) is 2. The van der Waals surface area contributed by atoms with Crippen molar-refractivity contribution >= 4 is 5.78 Å². The van der Waals surface area contributed by atoms with Crippen LogP contribution in [0.4, 0.5) is 0 Å². The Morgan fingerprint density at radius 3 is 2.38 bits per heavy atom. The van der Waals surface area contributed by atoms with E-state index in [1.54, 1.807) is 0 Å². The lowest BCUT2D eigenvalue weighted by molar-refractivity contribution is 0.0939. The number of ether oxygens (including phenoxy) is 1. The highest BCUT2D eigenvalue weighted by Gasteiger charge is 2.17. The topological polar surface area (TPSA) is 26.3 Å². The zero-order valence-electron chi connectivity index (χ0n) is 12.9. The predicted molar refractivity (Wildman–Crippen MR) is 85.6 cm³/mol. The van der Waals surface area contributed by atoms with Crippen molar-refractivity contribution < 1.29 is 9.53 Å². The van der Waals surface area contributed by atoms with E-state index in [1.165, 1.54) is 0 Å². The van der Waals surface area contributed by atoms with E-state index in [2.05, 4.69) is 20.8 Å². The molecule has 0 aromatic heterocycles. The van der Waals surface area contributed by atoms with Gasteiger partial charge in [0.25, 0.3) is 0 Å². The third-order valence-corrected chi connectivity index (χ3v) is 3.10. The molecule has 0 saturated heterocycles. The molecule has 110 valence electrons. The van der Waals surface area contributed by atoms with Crippen molar-refractivity contribution in [3.05, 3.63) is 65.7 Å². The van der Waals surface area contributed by atoms with Crippen LogP contribution in [0.5, 0.6) is 5.75 Å². The number of benzene rings is 2. The molecular weight excluding hydrogens is 260 g/mol. The van der Waals surface area contributed by atoms with Crippen molar-refractivity contribution in [2.24, 2.45) is 5.41 Å². The van der Waals surface area contributed by atoms with Crippen molar-refractivity contribution in [2.75, 3.05) is 0 Å². The summed E-state index contributed by atoms with van der Waals surface area (Å²) >= 11 is 0. The van der Waals surface area contributed by atoms with Crippen LogP contribution in [-0.2, 0) is 6.61 Å². The fourth-order valence-electron chi connectivity index (χ4n) is 2.08. The van der Waals surface area contributed by atoms with Gasteiger partial charge in [-0.3, -0.25) is 4.79 Å². The first-order valence-corrected chi connectivity index (χ1v) is 7.24. The van der Waals surface area contributed by atoms with Gasteiger partial charge >= 0.3 is 0 Å². The van der Waals surface area contributed by atoms with Crippen LogP contribution in [0.25, 0.3) is 0 Å². The molecule has 0 aliphatic carbocycles. The summed E-state index contributed by atoms with van der Waals surface area (Å²) in [6, 6.07) is 17.4. The van der Waals surface area contributed by atoms with Gasteiger partial charge in [-0.1, -0.05) is 63.2 Å². The van der Waals surface area contributed by atoms with Gasteiger partial charge in [0.15, 0.2) is 5.78 Å². The minimum Gasteiger partial charge on any atom is -0.489 e. The third kappa shape index (κ3) is 5.07. The molecule has 0 heterocycles. The highest BCUT2D eigenvalue weighted by molar-refractivity contribution is 5.96. The smallest absolute Gasteiger partial charge is 0.163 e. The van der Waals surface area contributed by atoms with E-state index >= 15 is 0 Å². The number of Topliss-reactive ketones (excluding diaryl/α,β-unsaturated/α-hetero) is 1. The van der Waals surface area contributed by atoms with Crippen LogP contribution in [-0.4, -0.2) is 5.78 Å². The Morgan fingerprint density at radius 2 is 1.71 bits per heavy atom. The van der Waals surface area contributed by atoms with E-state index in [0.717, 1.165) is 16.9 Å². The second-order valence-electron chi connectivity index (χ2n) is 6.46.